The molecular formula is C19H23N3O2. The second kappa shape index (κ2) is 8.72. The van der Waals surface area contributed by atoms with Gasteiger partial charge in [-0.15, -0.1) is 0 Å². The van der Waals surface area contributed by atoms with E-state index in [9.17, 15) is 9.59 Å². The minimum atomic E-state index is -0.0955. The molecule has 2 amide bonds. The molecule has 0 unspecified atom stereocenters. The Kier molecular flexibility index (Phi) is 6.37. The standard InChI is InChI=1S/C19H23N3O2/c1-3-22(18-7-5-4-6-8-18)19(24)13-14-20-16-9-11-17(12-10-16)21-15(2)23/h4-12,20H,3,13-14H2,1-2H3,(H,21,23). The fourth-order valence-corrected chi connectivity index (χ4v) is 2.43. The maximum Gasteiger partial charge on any atom is 0.228 e. The molecule has 0 bridgehead atoms. The molecule has 0 spiro atoms. The van der Waals surface area contributed by atoms with Crippen LogP contribution in [0.5, 0.6) is 0 Å². The predicted molar refractivity (Wildman–Crippen MR) is 98.3 cm³/mol. The zero-order valence-electron chi connectivity index (χ0n) is 14.1. The average molecular weight is 325 g/mol. The van der Waals surface area contributed by atoms with Crippen LogP contribution in [-0.2, 0) is 9.59 Å². The molecular weight excluding hydrogens is 302 g/mol. The Balaban J connectivity index is 1.84. The lowest BCUT2D eigenvalue weighted by Crippen LogP contribution is -2.31. The van der Waals surface area contributed by atoms with Gasteiger partial charge in [-0.05, 0) is 43.3 Å². The van der Waals surface area contributed by atoms with Crippen molar-refractivity contribution in [3.8, 4) is 0 Å². The minimum Gasteiger partial charge on any atom is -0.385 e. The summed E-state index contributed by atoms with van der Waals surface area (Å²) in [6, 6.07) is 17.1. The van der Waals surface area contributed by atoms with Crippen LogP contribution in [-0.4, -0.2) is 24.9 Å². The highest BCUT2D eigenvalue weighted by atomic mass is 16.2. The van der Waals surface area contributed by atoms with E-state index in [1.54, 1.807) is 4.90 Å². The minimum absolute atomic E-state index is 0.0890. The second-order valence-corrected chi connectivity index (χ2v) is 5.41. The van der Waals surface area contributed by atoms with Gasteiger partial charge >= 0.3 is 0 Å². The first-order valence-corrected chi connectivity index (χ1v) is 8.07. The van der Waals surface area contributed by atoms with Crippen molar-refractivity contribution < 1.29 is 9.59 Å². The summed E-state index contributed by atoms with van der Waals surface area (Å²) in [6.07, 6.45) is 0.413. The molecule has 0 radical (unpaired) electrons. The van der Waals surface area contributed by atoms with Gasteiger partial charge in [-0.3, -0.25) is 9.59 Å². The molecule has 0 fully saturated rings. The van der Waals surface area contributed by atoms with Gasteiger partial charge in [0, 0.05) is 43.5 Å². The Bertz CT molecular complexity index is 669. The van der Waals surface area contributed by atoms with Gasteiger partial charge in [-0.2, -0.15) is 0 Å². The van der Waals surface area contributed by atoms with E-state index in [1.807, 2.05) is 61.5 Å². The number of nitrogens with one attached hydrogen (secondary N) is 2. The van der Waals surface area contributed by atoms with Gasteiger partial charge in [-0.1, -0.05) is 18.2 Å². The van der Waals surface area contributed by atoms with Crippen molar-refractivity contribution in [2.24, 2.45) is 0 Å². The number of nitrogens with zero attached hydrogens (tertiary/aromatic N) is 1. The van der Waals surface area contributed by atoms with E-state index in [0.29, 0.717) is 19.5 Å². The third-order valence-electron chi connectivity index (χ3n) is 3.56. The van der Waals surface area contributed by atoms with Gasteiger partial charge in [0.25, 0.3) is 0 Å². The van der Waals surface area contributed by atoms with Gasteiger partial charge in [0.15, 0.2) is 0 Å². The third-order valence-corrected chi connectivity index (χ3v) is 3.56. The van der Waals surface area contributed by atoms with Crippen molar-refractivity contribution in [2.75, 3.05) is 28.6 Å². The van der Waals surface area contributed by atoms with Crippen molar-refractivity contribution in [2.45, 2.75) is 20.3 Å². The van der Waals surface area contributed by atoms with Crippen molar-refractivity contribution in [1.82, 2.24) is 0 Å². The molecule has 0 aromatic heterocycles. The molecule has 2 rings (SSSR count). The molecule has 24 heavy (non-hydrogen) atoms. The largest absolute Gasteiger partial charge is 0.385 e. The number of benzene rings is 2. The number of anilines is 3. The van der Waals surface area contributed by atoms with E-state index in [4.69, 9.17) is 0 Å². The molecule has 0 saturated heterocycles. The zero-order valence-corrected chi connectivity index (χ0v) is 14.1. The number of amides is 2. The summed E-state index contributed by atoms with van der Waals surface area (Å²) < 4.78 is 0. The summed E-state index contributed by atoms with van der Waals surface area (Å²) in [5.74, 6) is -0.00654. The summed E-state index contributed by atoms with van der Waals surface area (Å²) in [6.45, 7) is 4.65. The highest BCUT2D eigenvalue weighted by Crippen LogP contribution is 2.15. The lowest BCUT2D eigenvalue weighted by molar-refractivity contribution is -0.118. The number of hydrogen-bond acceptors (Lipinski definition) is 3. The summed E-state index contributed by atoms with van der Waals surface area (Å²) in [4.78, 5) is 25.1. The van der Waals surface area contributed by atoms with Crippen molar-refractivity contribution in [3.05, 3.63) is 54.6 Å². The van der Waals surface area contributed by atoms with Crippen LogP contribution in [0.15, 0.2) is 54.6 Å². The molecule has 5 nitrogen and oxygen atoms in total. The first kappa shape index (κ1) is 17.5. The fraction of sp³-hybridized carbons (Fsp3) is 0.263. The first-order valence-electron chi connectivity index (χ1n) is 8.07. The number of carbonyl (C=O) groups excluding carboxylic acids is 2. The topological polar surface area (TPSA) is 61.4 Å². The van der Waals surface area contributed by atoms with Crippen molar-refractivity contribution >= 4 is 28.9 Å². The Labute approximate surface area is 142 Å². The van der Waals surface area contributed by atoms with E-state index in [1.165, 1.54) is 6.92 Å². The monoisotopic (exact) mass is 325 g/mol. The molecule has 0 aliphatic heterocycles. The molecule has 0 saturated carbocycles. The summed E-state index contributed by atoms with van der Waals surface area (Å²) in [5.41, 5.74) is 2.59. The number of rotatable bonds is 7. The lowest BCUT2D eigenvalue weighted by atomic mass is 10.2. The highest BCUT2D eigenvalue weighted by Gasteiger charge is 2.12. The van der Waals surface area contributed by atoms with E-state index in [0.717, 1.165) is 17.1 Å². The van der Waals surface area contributed by atoms with Crippen LogP contribution < -0.4 is 15.5 Å². The molecule has 0 heterocycles. The highest BCUT2D eigenvalue weighted by molar-refractivity contribution is 5.93. The summed E-state index contributed by atoms with van der Waals surface area (Å²) >= 11 is 0. The van der Waals surface area contributed by atoms with Crippen LogP contribution in [0.3, 0.4) is 0 Å². The molecule has 0 aliphatic carbocycles. The van der Waals surface area contributed by atoms with Gasteiger partial charge in [0.05, 0.1) is 0 Å². The smallest absolute Gasteiger partial charge is 0.228 e. The molecule has 2 aromatic rings. The van der Waals surface area contributed by atoms with Gasteiger partial charge in [0.2, 0.25) is 11.8 Å². The van der Waals surface area contributed by atoms with Crippen molar-refractivity contribution in [1.29, 1.82) is 0 Å². The maximum atomic E-state index is 12.4. The molecule has 2 N–H and O–H groups in total. The van der Waals surface area contributed by atoms with Crippen molar-refractivity contribution in [3.63, 3.8) is 0 Å². The fourth-order valence-electron chi connectivity index (χ4n) is 2.43. The third kappa shape index (κ3) is 5.12. The van der Waals surface area contributed by atoms with E-state index >= 15 is 0 Å². The Morgan fingerprint density at radius 1 is 0.958 bits per heavy atom. The maximum absolute atomic E-state index is 12.4. The van der Waals surface area contributed by atoms with E-state index in [2.05, 4.69) is 10.6 Å². The van der Waals surface area contributed by atoms with Crippen LogP contribution in [0.4, 0.5) is 17.1 Å². The van der Waals surface area contributed by atoms with Crippen LogP contribution in [0.25, 0.3) is 0 Å². The van der Waals surface area contributed by atoms with Gasteiger partial charge in [0.1, 0.15) is 0 Å². The number of hydrogen-bond donors (Lipinski definition) is 2. The Morgan fingerprint density at radius 2 is 1.58 bits per heavy atom. The predicted octanol–water partition coefficient (Wildman–Crippen LogP) is 3.50. The summed E-state index contributed by atoms with van der Waals surface area (Å²) in [7, 11) is 0. The second-order valence-electron chi connectivity index (χ2n) is 5.41. The first-order chi connectivity index (χ1) is 11.6. The lowest BCUT2D eigenvalue weighted by Gasteiger charge is -2.21. The zero-order chi connectivity index (χ0) is 17.4. The Morgan fingerprint density at radius 3 is 2.17 bits per heavy atom. The molecule has 0 aliphatic rings. The summed E-state index contributed by atoms with van der Waals surface area (Å²) in [5, 5.41) is 5.95. The van der Waals surface area contributed by atoms with Crippen LogP contribution >= 0.6 is 0 Å². The van der Waals surface area contributed by atoms with Gasteiger partial charge in [-0.25, -0.2) is 0 Å². The van der Waals surface area contributed by atoms with Crippen LogP contribution in [0.1, 0.15) is 20.3 Å². The van der Waals surface area contributed by atoms with Gasteiger partial charge < -0.3 is 15.5 Å². The Hall–Kier alpha value is -2.82. The number of para-hydroxylation sites is 1. The van der Waals surface area contributed by atoms with Crippen LogP contribution in [0, 0.1) is 0 Å². The quantitative estimate of drug-likeness (QED) is 0.819. The number of carbonyl (C=O) groups is 2. The van der Waals surface area contributed by atoms with E-state index < -0.39 is 0 Å². The molecule has 5 heteroatoms. The molecule has 2 aromatic carbocycles. The molecule has 126 valence electrons. The SMILES string of the molecule is CCN(C(=O)CCNc1ccc(NC(C)=O)cc1)c1ccccc1. The normalized spacial score (nSPS) is 10.1. The van der Waals surface area contributed by atoms with Crippen LogP contribution in [0.2, 0.25) is 0 Å². The molecule has 0 atom stereocenters. The average Bonchev–Trinajstić information content (AvgIpc) is 2.58. The van der Waals surface area contributed by atoms with E-state index in [-0.39, 0.29) is 11.8 Å².